The van der Waals surface area contributed by atoms with E-state index in [4.69, 9.17) is 0 Å². The number of aromatic nitrogens is 2. The second-order valence-corrected chi connectivity index (χ2v) is 4.39. The van der Waals surface area contributed by atoms with Gasteiger partial charge in [0.05, 0.1) is 18.4 Å². The van der Waals surface area contributed by atoms with E-state index < -0.39 is 0 Å². The lowest BCUT2D eigenvalue weighted by atomic mass is 10.1. The van der Waals surface area contributed by atoms with Crippen LogP contribution in [0.5, 0.6) is 0 Å². The maximum Gasteiger partial charge on any atom is 0.337 e. The molecule has 0 aliphatic rings. The predicted molar refractivity (Wildman–Crippen MR) is 75.1 cm³/mol. The number of carbonyl (C=O) groups is 1. The van der Waals surface area contributed by atoms with Crippen LogP contribution in [-0.4, -0.2) is 23.0 Å². The Bertz CT molecular complexity index is 582. The van der Waals surface area contributed by atoms with Crippen LogP contribution >= 0.6 is 0 Å². The summed E-state index contributed by atoms with van der Waals surface area (Å²) in [4.78, 5) is 19.7. The van der Waals surface area contributed by atoms with E-state index in [0.717, 1.165) is 17.1 Å². The van der Waals surface area contributed by atoms with Gasteiger partial charge in [-0.1, -0.05) is 12.1 Å². The van der Waals surface area contributed by atoms with Gasteiger partial charge < -0.3 is 10.1 Å². The van der Waals surface area contributed by atoms with Gasteiger partial charge in [-0.3, -0.25) is 0 Å². The van der Waals surface area contributed by atoms with Crippen LogP contribution < -0.4 is 5.32 Å². The van der Waals surface area contributed by atoms with Gasteiger partial charge in [0, 0.05) is 19.3 Å². The van der Waals surface area contributed by atoms with E-state index in [2.05, 4.69) is 20.0 Å². The molecule has 0 aliphatic heterocycles. The summed E-state index contributed by atoms with van der Waals surface area (Å²) in [7, 11) is 1.38. The lowest BCUT2D eigenvalue weighted by Crippen LogP contribution is -2.14. The zero-order valence-electron chi connectivity index (χ0n) is 11.6. The number of nitrogens with zero attached hydrogens (tertiary/aromatic N) is 2. The fraction of sp³-hybridized carbons (Fsp3) is 0.267. The van der Waals surface area contributed by atoms with E-state index in [9.17, 15) is 4.79 Å². The zero-order valence-corrected chi connectivity index (χ0v) is 11.6. The van der Waals surface area contributed by atoms with Crippen LogP contribution in [0.4, 0.5) is 0 Å². The number of esters is 1. The number of benzene rings is 1. The van der Waals surface area contributed by atoms with Gasteiger partial charge in [-0.25, -0.2) is 14.8 Å². The molecule has 1 heterocycles. The lowest BCUT2D eigenvalue weighted by molar-refractivity contribution is 0.0600. The van der Waals surface area contributed by atoms with E-state index in [-0.39, 0.29) is 5.97 Å². The van der Waals surface area contributed by atoms with Crippen LogP contribution in [0.3, 0.4) is 0 Å². The van der Waals surface area contributed by atoms with Crippen molar-refractivity contribution in [2.24, 2.45) is 0 Å². The SMILES string of the molecule is COC(=O)c1ccc(CNCc2ccnc(C)n2)cc1. The van der Waals surface area contributed by atoms with Gasteiger partial charge in [0.15, 0.2) is 0 Å². The number of hydrogen-bond donors (Lipinski definition) is 1. The molecular formula is C15H17N3O2. The van der Waals surface area contributed by atoms with Crippen molar-refractivity contribution in [3.63, 3.8) is 0 Å². The van der Waals surface area contributed by atoms with Gasteiger partial charge in [0.1, 0.15) is 5.82 Å². The summed E-state index contributed by atoms with van der Waals surface area (Å²) in [5.74, 6) is 0.452. The molecule has 5 nitrogen and oxygen atoms in total. The van der Waals surface area contributed by atoms with Crippen LogP contribution in [0, 0.1) is 6.92 Å². The number of hydrogen-bond acceptors (Lipinski definition) is 5. The average molecular weight is 271 g/mol. The first-order valence-corrected chi connectivity index (χ1v) is 6.35. The summed E-state index contributed by atoms with van der Waals surface area (Å²) < 4.78 is 4.66. The minimum Gasteiger partial charge on any atom is -0.465 e. The summed E-state index contributed by atoms with van der Waals surface area (Å²) in [5.41, 5.74) is 2.62. The molecule has 20 heavy (non-hydrogen) atoms. The largest absolute Gasteiger partial charge is 0.465 e. The van der Waals surface area contributed by atoms with Crippen LogP contribution in [-0.2, 0) is 17.8 Å². The van der Waals surface area contributed by atoms with Crippen molar-refractivity contribution in [1.82, 2.24) is 15.3 Å². The first-order chi connectivity index (χ1) is 9.69. The Balaban J connectivity index is 1.86. The minimum atomic E-state index is -0.319. The highest BCUT2D eigenvalue weighted by molar-refractivity contribution is 5.89. The molecule has 1 aromatic heterocycles. The van der Waals surface area contributed by atoms with Crippen molar-refractivity contribution in [2.75, 3.05) is 7.11 Å². The smallest absolute Gasteiger partial charge is 0.337 e. The first kappa shape index (κ1) is 14.1. The van der Waals surface area contributed by atoms with Crippen molar-refractivity contribution >= 4 is 5.97 Å². The molecule has 0 aliphatic carbocycles. The Morgan fingerprint density at radius 3 is 2.60 bits per heavy atom. The molecule has 5 heteroatoms. The van der Waals surface area contributed by atoms with Crippen molar-refractivity contribution in [1.29, 1.82) is 0 Å². The topological polar surface area (TPSA) is 64.1 Å². The van der Waals surface area contributed by atoms with Crippen LogP contribution in [0.1, 0.15) is 27.4 Å². The van der Waals surface area contributed by atoms with Gasteiger partial charge in [-0.05, 0) is 30.7 Å². The summed E-state index contributed by atoms with van der Waals surface area (Å²) in [6.45, 7) is 3.27. The third kappa shape index (κ3) is 3.86. The summed E-state index contributed by atoms with van der Waals surface area (Å²) in [6, 6.07) is 9.23. The molecule has 2 aromatic rings. The average Bonchev–Trinajstić information content (AvgIpc) is 2.47. The Morgan fingerprint density at radius 2 is 1.95 bits per heavy atom. The fourth-order valence-electron chi connectivity index (χ4n) is 1.82. The number of methoxy groups -OCH3 is 1. The van der Waals surface area contributed by atoms with Crippen molar-refractivity contribution in [2.45, 2.75) is 20.0 Å². The monoisotopic (exact) mass is 271 g/mol. The molecule has 1 N–H and O–H groups in total. The molecule has 0 radical (unpaired) electrons. The van der Waals surface area contributed by atoms with Gasteiger partial charge in [0.2, 0.25) is 0 Å². The van der Waals surface area contributed by atoms with Gasteiger partial charge in [-0.2, -0.15) is 0 Å². The Labute approximate surface area is 118 Å². The molecule has 1 aromatic carbocycles. The summed E-state index contributed by atoms with van der Waals surface area (Å²) in [6.07, 6.45) is 1.75. The van der Waals surface area contributed by atoms with Crippen molar-refractivity contribution in [3.8, 4) is 0 Å². The highest BCUT2D eigenvalue weighted by Gasteiger charge is 2.04. The molecule has 0 saturated heterocycles. The number of carbonyl (C=O) groups excluding carboxylic acids is 1. The van der Waals surface area contributed by atoms with E-state index in [1.54, 1.807) is 18.3 Å². The third-order valence-corrected chi connectivity index (χ3v) is 2.84. The molecule has 0 bridgehead atoms. The fourth-order valence-corrected chi connectivity index (χ4v) is 1.82. The van der Waals surface area contributed by atoms with Crippen LogP contribution in [0.25, 0.3) is 0 Å². The van der Waals surface area contributed by atoms with Gasteiger partial charge in [0.25, 0.3) is 0 Å². The molecule has 0 atom stereocenters. The molecule has 2 rings (SSSR count). The van der Waals surface area contributed by atoms with E-state index in [1.807, 2.05) is 25.1 Å². The first-order valence-electron chi connectivity index (χ1n) is 6.35. The minimum absolute atomic E-state index is 0.319. The highest BCUT2D eigenvalue weighted by Crippen LogP contribution is 2.06. The van der Waals surface area contributed by atoms with Crippen LogP contribution in [0.15, 0.2) is 36.5 Å². The van der Waals surface area contributed by atoms with Crippen LogP contribution in [0.2, 0.25) is 0 Å². The molecule has 0 fully saturated rings. The van der Waals surface area contributed by atoms with E-state index in [1.165, 1.54) is 7.11 Å². The maximum absolute atomic E-state index is 11.3. The van der Waals surface area contributed by atoms with Gasteiger partial charge in [-0.15, -0.1) is 0 Å². The third-order valence-electron chi connectivity index (χ3n) is 2.84. The second-order valence-electron chi connectivity index (χ2n) is 4.39. The lowest BCUT2D eigenvalue weighted by Gasteiger charge is -2.06. The molecule has 0 amide bonds. The van der Waals surface area contributed by atoms with E-state index >= 15 is 0 Å². The number of rotatable bonds is 5. The number of ether oxygens (including phenoxy) is 1. The summed E-state index contributed by atoms with van der Waals surface area (Å²) in [5, 5.41) is 3.30. The number of nitrogens with one attached hydrogen (secondary N) is 1. The maximum atomic E-state index is 11.3. The Hall–Kier alpha value is -2.27. The quantitative estimate of drug-likeness (QED) is 0.841. The molecule has 0 saturated carbocycles. The summed E-state index contributed by atoms with van der Waals surface area (Å²) >= 11 is 0. The number of aryl methyl sites for hydroxylation is 1. The van der Waals surface area contributed by atoms with Gasteiger partial charge >= 0.3 is 5.97 Å². The Morgan fingerprint density at radius 1 is 1.20 bits per heavy atom. The van der Waals surface area contributed by atoms with Crippen molar-refractivity contribution < 1.29 is 9.53 Å². The van der Waals surface area contributed by atoms with E-state index in [0.29, 0.717) is 18.7 Å². The zero-order chi connectivity index (χ0) is 14.4. The Kier molecular flexibility index (Phi) is 4.79. The predicted octanol–water partition coefficient (Wildman–Crippen LogP) is 1.86. The molecule has 0 spiro atoms. The molecule has 104 valence electrons. The standard InChI is InChI=1S/C15H17N3O2/c1-11-17-8-7-14(18-11)10-16-9-12-3-5-13(6-4-12)15(19)20-2/h3-8,16H,9-10H2,1-2H3. The normalized spacial score (nSPS) is 10.3. The second kappa shape index (κ2) is 6.77. The molecule has 0 unspecified atom stereocenters. The molecular weight excluding hydrogens is 254 g/mol. The van der Waals surface area contributed by atoms with Crippen molar-refractivity contribution in [3.05, 3.63) is 59.2 Å². The highest BCUT2D eigenvalue weighted by atomic mass is 16.5.